The first-order valence-corrected chi connectivity index (χ1v) is 9.65. The average Bonchev–Trinajstić information content (AvgIpc) is 2.71. The molecule has 0 unspecified atom stereocenters. The maximum absolute atomic E-state index is 13.1. The van der Waals surface area contributed by atoms with Crippen LogP contribution in [0.2, 0.25) is 0 Å². The summed E-state index contributed by atoms with van der Waals surface area (Å²) in [6.07, 6.45) is -9.85. The van der Waals surface area contributed by atoms with Gasteiger partial charge in [-0.25, -0.2) is 0 Å². The molecule has 0 radical (unpaired) electrons. The molecule has 168 valence electrons. The number of alkyl halides is 6. The number of amides is 1. The van der Waals surface area contributed by atoms with Crippen LogP contribution in [-0.2, 0) is 28.5 Å². The quantitative estimate of drug-likeness (QED) is 0.570. The van der Waals surface area contributed by atoms with Crippen molar-refractivity contribution in [3.63, 3.8) is 0 Å². The van der Waals surface area contributed by atoms with Crippen LogP contribution in [-0.4, -0.2) is 30.0 Å². The first-order chi connectivity index (χ1) is 14.4. The Morgan fingerprint density at radius 2 is 1.58 bits per heavy atom. The minimum Gasteiger partial charge on any atom is -0.373 e. The Bertz CT molecular complexity index is 878. The van der Waals surface area contributed by atoms with E-state index in [4.69, 9.17) is 4.74 Å². The number of carbonyl (C=O) groups excluding carboxylic acids is 1. The van der Waals surface area contributed by atoms with Crippen LogP contribution in [0.4, 0.5) is 26.3 Å². The summed E-state index contributed by atoms with van der Waals surface area (Å²) in [6, 6.07) is 10.6. The van der Waals surface area contributed by atoms with Crippen LogP contribution in [0.1, 0.15) is 41.5 Å². The second-order valence-corrected chi connectivity index (χ2v) is 7.53. The number of hydrogen-bond acceptors (Lipinski definition) is 2. The zero-order chi connectivity index (χ0) is 22.8. The van der Waals surface area contributed by atoms with Gasteiger partial charge in [0.15, 0.2) is 0 Å². The molecule has 1 aliphatic heterocycles. The SMILES string of the molecule is CC(=O)N1CC[C@H](OCc2cc(C(F)(F)F)cc(C(F)(F)F)c2)[C@H](c2ccccc2)C1. The molecule has 3 nitrogen and oxygen atoms in total. The van der Waals surface area contributed by atoms with Gasteiger partial charge in [-0.1, -0.05) is 30.3 Å². The third-order valence-electron chi connectivity index (χ3n) is 5.33. The molecule has 1 fully saturated rings. The molecule has 31 heavy (non-hydrogen) atoms. The lowest BCUT2D eigenvalue weighted by atomic mass is 9.87. The fourth-order valence-electron chi connectivity index (χ4n) is 3.74. The highest BCUT2D eigenvalue weighted by Gasteiger charge is 2.37. The lowest BCUT2D eigenvalue weighted by Gasteiger charge is -2.38. The molecule has 2 aromatic rings. The van der Waals surface area contributed by atoms with E-state index < -0.39 is 36.2 Å². The van der Waals surface area contributed by atoms with E-state index in [1.165, 1.54) is 6.92 Å². The van der Waals surface area contributed by atoms with Crippen LogP contribution >= 0.6 is 0 Å². The Labute approximate surface area is 175 Å². The normalized spacial score (nSPS) is 20.0. The number of benzene rings is 2. The summed E-state index contributed by atoms with van der Waals surface area (Å²) in [5.74, 6) is -0.348. The van der Waals surface area contributed by atoms with E-state index in [0.29, 0.717) is 31.6 Å². The zero-order valence-electron chi connectivity index (χ0n) is 16.6. The van der Waals surface area contributed by atoms with Crippen molar-refractivity contribution in [2.75, 3.05) is 13.1 Å². The molecule has 1 aliphatic rings. The summed E-state index contributed by atoms with van der Waals surface area (Å²) in [4.78, 5) is 13.5. The number of hydrogen-bond donors (Lipinski definition) is 0. The first kappa shape index (κ1) is 23.1. The van der Waals surface area contributed by atoms with Gasteiger partial charge in [0.2, 0.25) is 5.91 Å². The van der Waals surface area contributed by atoms with Gasteiger partial charge in [0.05, 0.1) is 23.8 Å². The molecule has 0 bridgehead atoms. The number of halogens is 6. The van der Waals surface area contributed by atoms with Crippen molar-refractivity contribution in [2.24, 2.45) is 0 Å². The second kappa shape index (κ2) is 8.90. The Morgan fingerprint density at radius 1 is 1.00 bits per heavy atom. The minimum absolute atomic E-state index is 0.0988. The number of piperidine rings is 1. The molecule has 1 heterocycles. The van der Waals surface area contributed by atoms with Crippen molar-refractivity contribution >= 4 is 5.91 Å². The zero-order valence-corrected chi connectivity index (χ0v) is 16.6. The number of ether oxygens (including phenoxy) is 1. The molecule has 3 rings (SSSR count). The predicted molar refractivity (Wildman–Crippen MR) is 101 cm³/mol. The maximum atomic E-state index is 13.1. The Balaban J connectivity index is 1.84. The highest BCUT2D eigenvalue weighted by molar-refractivity contribution is 5.73. The summed E-state index contributed by atoms with van der Waals surface area (Å²) in [5.41, 5.74) is -2.06. The largest absolute Gasteiger partial charge is 0.416 e. The lowest BCUT2D eigenvalue weighted by Crippen LogP contribution is -2.44. The molecule has 0 N–H and O–H groups in total. The van der Waals surface area contributed by atoms with Gasteiger partial charge in [0.1, 0.15) is 0 Å². The molecule has 2 atom stereocenters. The van der Waals surface area contributed by atoms with Crippen molar-refractivity contribution in [1.29, 1.82) is 0 Å². The molecular formula is C22H21F6NO2. The van der Waals surface area contributed by atoms with E-state index in [1.807, 2.05) is 30.3 Å². The third kappa shape index (κ3) is 5.78. The van der Waals surface area contributed by atoms with Crippen LogP contribution in [0.5, 0.6) is 0 Å². The van der Waals surface area contributed by atoms with Gasteiger partial charge in [-0.15, -0.1) is 0 Å². The van der Waals surface area contributed by atoms with E-state index >= 15 is 0 Å². The molecule has 1 amide bonds. The van der Waals surface area contributed by atoms with Gasteiger partial charge in [-0.2, -0.15) is 26.3 Å². The van der Waals surface area contributed by atoms with Gasteiger partial charge < -0.3 is 9.64 Å². The van der Waals surface area contributed by atoms with Crippen molar-refractivity contribution in [3.8, 4) is 0 Å². The highest BCUT2D eigenvalue weighted by atomic mass is 19.4. The van der Waals surface area contributed by atoms with E-state index in [-0.39, 0.29) is 23.5 Å². The van der Waals surface area contributed by atoms with Gasteiger partial charge in [-0.05, 0) is 35.7 Å². The number of carbonyl (C=O) groups is 1. The van der Waals surface area contributed by atoms with Crippen molar-refractivity contribution in [1.82, 2.24) is 4.90 Å². The van der Waals surface area contributed by atoms with Crippen LogP contribution in [0, 0.1) is 0 Å². The van der Waals surface area contributed by atoms with E-state index in [0.717, 1.165) is 5.56 Å². The molecular weight excluding hydrogens is 424 g/mol. The third-order valence-corrected chi connectivity index (χ3v) is 5.33. The minimum atomic E-state index is -4.91. The van der Waals surface area contributed by atoms with Crippen molar-refractivity contribution in [2.45, 2.75) is 44.3 Å². The molecule has 0 aromatic heterocycles. The molecule has 0 aliphatic carbocycles. The van der Waals surface area contributed by atoms with Crippen LogP contribution in [0.25, 0.3) is 0 Å². The number of likely N-dealkylation sites (tertiary alicyclic amines) is 1. The van der Waals surface area contributed by atoms with Gasteiger partial charge in [0, 0.05) is 25.9 Å². The summed E-state index contributed by atoms with van der Waals surface area (Å²) in [6.45, 7) is 1.81. The van der Waals surface area contributed by atoms with Gasteiger partial charge >= 0.3 is 12.4 Å². The fourth-order valence-corrected chi connectivity index (χ4v) is 3.74. The van der Waals surface area contributed by atoms with Crippen molar-refractivity contribution in [3.05, 3.63) is 70.8 Å². The van der Waals surface area contributed by atoms with E-state index in [9.17, 15) is 31.1 Å². The number of nitrogens with zero attached hydrogens (tertiary/aromatic N) is 1. The van der Waals surface area contributed by atoms with Crippen LogP contribution in [0.3, 0.4) is 0 Å². The fraction of sp³-hybridized carbons (Fsp3) is 0.409. The molecule has 2 aromatic carbocycles. The predicted octanol–water partition coefficient (Wildman–Crippen LogP) is 5.65. The maximum Gasteiger partial charge on any atom is 0.416 e. The Morgan fingerprint density at radius 3 is 2.10 bits per heavy atom. The van der Waals surface area contributed by atoms with E-state index in [2.05, 4.69) is 0 Å². The summed E-state index contributed by atoms with van der Waals surface area (Å²) in [7, 11) is 0. The highest BCUT2D eigenvalue weighted by Crippen LogP contribution is 2.37. The van der Waals surface area contributed by atoms with Crippen LogP contribution in [0.15, 0.2) is 48.5 Å². The Kier molecular flexibility index (Phi) is 6.64. The van der Waals surface area contributed by atoms with E-state index in [1.54, 1.807) is 4.90 Å². The molecule has 1 saturated heterocycles. The molecule has 0 saturated carbocycles. The number of rotatable bonds is 4. The summed E-state index contributed by atoms with van der Waals surface area (Å²) in [5, 5.41) is 0. The molecule has 0 spiro atoms. The van der Waals surface area contributed by atoms with Gasteiger partial charge in [-0.3, -0.25) is 4.79 Å². The Hall–Kier alpha value is -2.55. The first-order valence-electron chi connectivity index (χ1n) is 9.65. The summed E-state index contributed by atoms with van der Waals surface area (Å²) >= 11 is 0. The second-order valence-electron chi connectivity index (χ2n) is 7.53. The monoisotopic (exact) mass is 445 g/mol. The topological polar surface area (TPSA) is 29.5 Å². The molecule has 9 heteroatoms. The van der Waals surface area contributed by atoms with Crippen molar-refractivity contribution < 1.29 is 35.9 Å². The van der Waals surface area contributed by atoms with Crippen LogP contribution < -0.4 is 0 Å². The summed E-state index contributed by atoms with van der Waals surface area (Å²) < 4.78 is 84.4. The lowest BCUT2D eigenvalue weighted by molar-refractivity contribution is -0.143. The van der Waals surface area contributed by atoms with Gasteiger partial charge in [0.25, 0.3) is 0 Å². The average molecular weight is 445 g/mol. The standard InChI is InChI=1S/C22H21F6NO2/c1-14(30)29-8-7-20(19(12-29)16-5-3-2-4-6-16)31-13-15-9-17(21(23,24)25)11-18(10-15)22(26,27)28/h2-6,9-11,19-20H,7-8,12-13H2,1H3/t19-,20-/m0/s1. The smallest absolute Gasteiger partial charge is 0.373 e.